The molecule has 0 spiro atoms. The number of hydrogen-bond acceptors (Lipinski definition) is 7. The SMILES string of the molecule is N=C(N)c1cccc(CC(NSc2cccc(NC(=O)CCN)c2)C(=O)N2CCC(CCNC(=O)NC3CCCCC3)CC2)c1. The number of rotatable bonds is 14. The number of likely N-dealkylation sites (tertiary alicyclic amines) is 1. The molecule has 2 aliphatic rings. The molecule has 0 aromatic heterocycles. The summed E-state index contributed by atoms with van der Waals surface area (Å²) in [4.78, 5) is 41.0. The number of carbonyl (C=O) groups is 3. The maximum Gasteiger partial charge on any atom is 0.315 e. The van der Waals surface area contributed by atoms with E-state index in [-0.39, 0.29) is 36.6 Å². The Bertz CT molecular complexity index is 1290. The lowest BCUT2D eigenvalue weighted by Crippen LogP contribution is -2.49. The van der Waals surface area contributed by atoms with E-state index < -0.39 is 6.04 Å². The van der Waals surface area contributed by atoms with Crippen LogP contribution in [0, 0.1) is 11.3 Å². The number of amides is 4. The number of nitrogens with one attached hydrogen (secondary N) is 5. The molecule has 2 aromatic rings. The molecule has 2 fully saturated rings. The van der Waals surface area contributed by atoms with Gasteiger partial charge in [0.15, 0.2) is 0 Å². The fourth-order valence-corrected chi connectivity index (χ4v) is 6.74. The molecule has 12 heteroatoms. The van der Waals surface area contributed by atoms with Crippen LogP contribution in [0.4, 0.5) is 10.5 Å². The fraction of sp³-hybridized carbons (Fsp3) is 0.515. The molecule has 45 heavy (non-hydrogen) atoms. The summed E-state index contributed by atoms with van der Waals surface area (Å²) in [6.07, 6.45) is 9.11. The lowest BCUT2D eigenvalue weighted by atomic mass is 9.93. The number of nitrogens with zero attached hydrogens (tertiary/aromatic N) is 1. The molecular weight excluding hydrogens is 588 g/mol. The summed E-state index contributed by atoms with van der Waals surface area (Å²) in [6, 6.07) is 14.6. The van der Waals surface area contributed by atoms with Crippen LogP contribution in [0.3, 0.4) is 0 Å². The quantitative estimate of drug-likeness (QED) is 0.0938. The Labute approximate surface area is 270 Å². The van der Waals surface area contributed by atoms with Crippen molar-refractivity contribution in [1.29, 1.82) is 5.41 Å². The minimum Gasteiger partial charge on any atom is -0.384 e. The second-order valence-corrected chi connectivity index (χ2v) is 12.9. The van der Waals surface area contributed by atoms with Gasteiger partial charge in [0.2, 0.25) is 11.8 Å². The average molecular weight is 637 g/mol. The Morgan fingerprint density at radius 1 is 1.00 bits per heavy atom. The van der Waals surface area contributed by atoms with Crippen molar-refractivity contribution < 1.29 is 14.4 Å². The summed E-state index contributed by atoms with van der Waals surface area (Å²) in [6.45, 7) is 2.24. The standard InChI is InChI=1S/C33H48N8O3S/c34-16-12-30(42)38-27-10-5-11-28(22-27)45-40-29(21-24-6-4-7-25(20-24)31(35)36)32(43)41-18-14-23(15-19-41)13-17-37-33(44)39-26-8-2-1-3-9-26/h4-7,10-11,20,22-23,26,29,40H,1-3,8-9,12-19,21,34H2,(H3,35,36)(H,38,42)(H2,37,39,44). The molecule has 1 saturated heterocycles. The van der Waals surface area contributed by atoms with E-state index in [9.17, 15) is 14.4 Å². The van der Waals surface area contributed by atoms with Gasteiger partial charge in [-0.3, -0.25) is 15.0 Å². The molecule has 1 unspecified atom stereocenters. The molecular formula is C33H48N8O3S. The van der Waals surface area contributed by atoms with Crippen molar-refractivity contribution >= 4 is 41.3 Å². The molecule has 11 nitrogen and oxygen atoms in total. The number of nitrogens with two attached hydrogens (primary N) is 2. The Hall–Kier alpha value is -3.61. The Balaban J connectivity index is 1.32. The van der Waals surface area contributed by atoms with Gasteiger partial charge in [-0.15, -0.1) is 0 Å². The van der Waals surface area contributed by atoms with Gasteiger partial charge in [-0.1, -0.05) is 43.5 Å². The number of benzene rings is 2. The minimum atomic E-state index is -0.519. The van der Waals surface area contributed by atoms with Crippen molar-refractivity contribution in [2.24, 2.45) is 17.4 Å². The van der Waals surface area contributed by atoms with Crippen LogP contribution in [-0.2, 0) is 16.0 Å². The van der Waals surface area contributed by atoms with E-state index in [4.69, 9.17) is 16.9 Å². The zero-order valence-electron chi connectivity index (χ0n) is 26.0. The highest BCUT2D eigenvalue weighted by molar-refractivity contribution is 7.97. The van der Waals surface area contributed by atoms with Crippen molar-refractivity contribution in [2.75, 3.05) is 31.5 Å². The Morgan fingerprint density at radius 3 is 2.49 bits per heavy atom. The summed E-state index contributed by atoms with van der Waals surface area (Å²) in [5.41, 5.74) is 13.4. The van der Waals surface area contributed by atoms with Crippen molar-refractivity contribution in [3.05, 3.63) is 59.7 Å². The van der Waals surface area contributed by atoms with E-state index in [1.165, 1.54) is 31.2 Å². The molecule has 1 heterocycles. The summed E-state index contributed by atoms with van der Waals surface area (Å²) < 4.78 is 3.38. The maximum absolute atomic E-state index is 13.9. The Morgan fingerprint density at radius 2 is 1.76 bits per heavy atom. The topological polar surface area (TPSA) is 178 Å². The zero-order valence-corrected chi connectivity index (χ0v) is 26.8. The van der Waals surface area contributed by atoms with Crippen LogP contribution in [0.5, 0.6) is 0 Å². The monoisotopic (exact) mass is 636 g/mol. The van der Waals surface area contributed by atoms with Crippen molar-refractivity contribution in [3.8, 4) is 0 Å². The summed E-state index contributed by atoms with van der Waals surface area (Å²) in [5, 5.41) is 16.8. The third kappa shape index (κ3) is 11.4. The van der Waals surface area contributed by atoms with Crippen LogP contribution in [0.15, 0.2) is 53.4 Å². The molecule has 4 rings (SSSR count). The lowest BCUT2D eigenvalue weighted by Gasteiger charge is -2.34. The molecule has 2 aromatic carbocycles. The smallest absolute Gasteiger partial charge is 0.315 e. The van der Waals surface area contributed by atoms with Crippen LogP contribution in [-0.4, -0.2) is 66.8 Å². The highest BCUT2D eigenvalue weighted by Gasteiger charge is 2.29. The molecule has 1 atom stereocenters. The summed E-state index contributed by atoms with van der Waals surface area (Å²) in [7, 11) is 0. The molecule has 4 amide bonds. The van der Waals surface area contributed by atoms with Gasteiger partial charge in [0.25, 0.3) is 0 Å². The second-order valence-electron chi connectivity index (χ2n) is 12.0. The molecule has 1 saturated carbocycles. The average Bonchev–Trinajstić information content (AvgIpc) is 3.04. The Kier molecular flexibility index (Phi) is 13.5. The fourth-order valence-electron chi connectivity index (χ4n) is 5.95. The summed E-state index contributed by atoms with van der Waals surface area (Å²) >= 11 is 1.35. The van der Waals surface area contributed by atoms with Gasteiger partial charge in [0, 0.05) is 54.8 Å². The van der Waals surface area contributed by atoms with E-state index in [1.807, 2.05) is 47.4 Å². The highest BCUT2D eigenvalue weighted by Crippen LogP contribution is 2.24. The van der Waals surface area contributed by atoms with Crippen molar-refractivity contribution in [1.82, 2.24) is 20.3 Å². The first-order valence-electron chi connectivity index (χ1n) is 16.1. The first-order chi connectivity index (χ1) is 21.8. The molecule has 0 radical (unpaired) electrons. The largest absolute Gasteiger partial charge is 0.384 e. The number of carbonyl (C=O) groups excluding carboxylic acids is 3. The van der Waals surface area contributed by atoms with Gasteiger partial charge in [0.05, 0.1) is 0 Å². The third-order valence-electron chi connectivity index (χ3n) is 8.49. The van der Waals surface area contributed by atoms with Crippen LogP contribution in [0.25, 0.3) is 0 Å². The van der Waals surface area contributed by atoms with Gasteiger partial charge in [-0.05, 0) is 86.2 Å². The predicted molar refractivity (Wildman–Crippen MR) is 180 cm³/mol. The predicted octanol–water partition coefficient (Wildman–Crippen LogP) is 3.73. The van der Waals surface area contributed by atoms with E-state index in [2.05, 4.69) is 20.7 Å². The van der Waals surface area contributed by atoms with Crippen molar-refractivity contribution in [2.45, 2.75) is 81.2 Å². The van der Waals surface area contributed by atoms with E-state index in [1.54, 1.807) is 6.07 Å². The molecule has 9 N–H and O–H groups in total. The number of amidine groups is 1. The van der Waals surface area contributed by atoms with Gasteiger partial charge < -0.3 is 32.3 Å². The lowest BCUT2D eigenvalue weighted by molar-refractivity contribution is -0.134. The van der Waals surface area contributed by atoms with Gasteiger partial charge in [-0.25, -0.2) is 9.52 Å². The number of nitrogen functional groups attached to an aromatic ring is 1. The normalized spacial score (nSPS) is 16.5. The molecule has 244 valence electrons. The summed E-state index contributed by atoms with van der Waals surface area (Å²) in [5.74, 6) is 0.312. The number of anilines is 1. The number of hydrogen-bond donors (Lipinski definition) is 7. The second kappa shape index (κ2) is 17.8. The van der Waals surface area contributed by atoms with Crippen LogP contribution >= 0.6 is 11.9 Å². The van der Waals surface area contributed by atoms with E-state index in [0.717, 1.165) is 42.6 Å². The minimum absolute atomic E-state index is 0.0152. The van der Waals surface area contributed by atoms with Crippen LogP contribution < -0.4 is 32.1 Å². The first-order valence-corrected chi connectivity index (χ1v) is 16.9. The van der Waals surface area contributed by atoms with Gasteiger partial charge >= 0.3 is 6.03 Å². The zero-order chi connectivity index (χ0) is 32.0. The first kappa shape index (κ1) is 34.3. The molecule has 1 aliphatic heterocycles. The van der Waals surface area contributed by atoms with Crippen LogP contribution in [0.1, 0.15) is 68.9 Å². The van der Waals surface area contributed by atoms with E-state index >= 15 is 0 Å². The van der Waals surface area contributed by atoms with E-state index in [0.29, 0.717) is 49.3 Å². The van der Waals surface area contributed by atoms with Gasteiger partial charge in [0.1, 0.15) is 11.9 Å². The van der Waals surface area contributed by atoms with Crippen LogP contribution in [0.2, 0.25) is 0 Å². The maximum atomic E-state index is 13.9. The molecule has 1 aliphatic carbocycles. The number of urea groups is 1. The third-order valence-corrected chi connectivity index (χ3v) is 9.38. The number of piperidine rings is 1. The highest BCUT2D eigenvalue weighted by atomic mass is 32.2. The van der Waals surface area contributed by atoms with Crippen molar-refractivity contribution in [3.63, 3.8) is 0 Å². The van der Waals surface area contributed by atoms with Gasteiger partial charge in [-0.2, -0.15) is 0 Å². The molecule has 0 bridgehead atoms.